The van der Waals surface area contributed by atoms with Gasteiger partial charge in [-0.15, -0.1) is 0 Å². The van der Waals surface area contributed by atoms with Crippen LogP contribution in [-0.2, 0) is 13.0 Å². The third-order valence-corrected chi connectivity index (χ3v) is 5.53. The summed E-state index contributed by atoms with van der Waals surface area (Å²) < 4.78 is 0. The van der Waals surface area contributed by atoms with Gasteiger partial charge in [0.25, 0.3) is 0 Å². The summed E-state index contributed by atoms with van der Waals surface area (Å²) in [7, 11) is 2.16. The number of hydrogen-bond acceptors (Lipinski definition) is 5. The van der Waals surface area contributed by atoms with Crippen molar-refractivity contribution in [1.29, 1.82) is 0 Å². The predicted octanol–water partition coefficient (Wildman–Crippen LogP) is 4.61. The normalized spacial score (nSPS) is 14.0. The number of nitrogens with two attached hydrogens (primary N) is 1. The molecule has 0 saturated heterocycles. The van der Waals surface area contributed by atoms with Crippen molar-refractivity contribution in [2.75, 3.05) is 24.6 Å². The fourth-order valence-corrected chi connectivity index (χ4v) is 3.96. The molecule has 0 spiro atoms. The number of hydrogen-bond donors (Lipinski definition) is 2. The molecule has 5 nitrogen and oxygen atoms in total. The molecule has 0 radical (unpaired) electrons. The average Bonchev–Trinajstić information content (AvgIpc) is 2.74. The highest BCUT2D eigenvalue weighted by atomic mass is 15.1. The van der Waals surface area contributed by atoms with Crippen LogP contribution in [0.15, 0.2) is 66.9 Å². The highest BCUT2D eigenvalue weighted by Gasteiger charge is 2.14. The molecule has 2 heterocycles. The van der Waals surface area contributed by atoms with Crippen LogP contribution in [0.25, 0.3) is 22.0 Å². The van der Waals surface area contributed by atoms with E-state index in [2.05, 4.69) is 52.6 Å². The molecule has 0 unspecified atom stereocenters. The van der Waals surface area contributed by atoms with E-state index in [0.717, 1.165) is 47.2 Å². The van der Waals surface area contributed by atoms with Crippen LogP contribution in [0.4, 0.5) is 17.3 Å². The van der Waals surface area contributed by atoms with Gasteiger partial charge in [-0.2, -0.15) is 0 Å². The Morgan fingerprint density at radius 2 is 1.86 bits per heavy atom. The van der Waals surface area contributed by atoms with Crippen molar-refractivity contribution < 1.29 is 0 Å². The summed E-state index contributed by atoms with van der Waals surface area (Å²) in [5.41, 5.74) is 13.7. The molecular formula is C24H23N5. The van der Waals surface area contributed by atoms with Crippen LogP contribution < -0.4 is 11.1 Å². The SMILES string of the molecule is CN1CCc2ccc(Nc3ncc4c(N)ccc(-c5ccccc5)c4n3)cc2C1. The van der Waals surface area contributed by atoms with Crippen molar-refractivity contribution in [1.82, 2.24) is 14.9 Å². The predicted molar refractivity (Wildman–Crippen MR) is 119 cm³/mol. The Labute approximate surface area is 170 Å². The van der Waals surface area contributed by atoms with Crippen LogP contribution in [0.2, 0.25) is 0 Å². The summed E-state index contributed by atoms with van der Waals surface area (Å²) in [6, 6.07) is 20.7. The monoisotopic (exact) mass is 381 g/mol. The molecule has 0 amide bonds. The van der Waals surface area contributed by atoms with Gasteiger partial charge in [-0.05, 0) is 48.4 Å². The molecule has 1 aromatic heterocycles. The van der Waals surface area contributed by atoms with Gasteiger partial charge in [0.2, 0.25) is 5.95 Å². The summed E-state index contributed by atoms with van der Waals surface area (Å²) in [4.78, 5) is 11.7. The molecule has 0 atom stereocenters. The second-order valence-electron chi connectivity index (χ2n) is 7.62. The highest BCUT2D eigenvalue weighted by Crippen LogP contribution is 2.31. The van der Waals surface area contributed by atoms with Crippen LogP contribution in [0.1, 0.15) is 11.1 Å². The lowest BCUT2D eigenvalue weighted by Gasteiger charge is -2.25. The van der Waals surface area contributed by atoms with E-state index in [-0.39, 0.29) is 0 Å². The number of likely N-dealkylation sites (N-methyl/N-ethyl adjacent to an activating group) is 1. The van der Waals surface area contributed by atoms with Gasteiger partial charge < -0.3 is 16.0 Å². The first-order valence-electron chi connectivity index (χ1n) is 9.85. The first-order chi connectivity index (χ1) is 14.2. The van der Waals surface area contributed by atoms with Crippen molar-refractivity contribution >= 4 is 28.2 Å². The van der Waals surface area contributed by atoms with Gasteiger partial charge in [0, 0.05) is 41.6 Å². The molecule has 0 aliphatic carbocycles. The Kier molecular flexibility index (Phi) is 4.37. The zero-order chi connectivity index (χ0) is 19.8. The number of aromatic nitrogens is 2. The van der Waals surface area contributed by atoms with Crippen LogP contribution in [0.5, 0.6) is 0 Å². The smallest absolute Gasteiger partial charge is 0.227 e. The minimum atomic E-state index is 0.574. The van der Waals surface area contributed by atoms with Crippen molar-refractivity contribution in [2.24, 2.45) is 0 Å². The van der Waals surface area contributed by atoms with Crippen LogP contribution in [0.3, 0.4) is 0 Å². The maximum Gasteiger partial charge on any atom is 0.227 e. The minimum absolute atomic E-state index is 0.574. The van der Waals surface area contributed by atoms with Gasteiger partial charge >= 0.3 is 0 Å². The number of anilines is 3. The zero-order valence-electron chi connectivity index (χ0n) is 16.4. The Bertz CT molecular complexity index is 1190. The quantitative estimate of drug-likeness (QED) is 0.507. The standard InChI is InChI=1S/C24H23N5/c1-29-12-11-16-7-8-19(13-18(16)15-29)27-24-26-14-21-22(25)10-9-20(23(21)28-24)17-5-3-2-4-6-17/h2-10,13-14H,11-12,15,25H2,1H3,(H,26,27,28). The van der Waals surface area contributed by atoms with Gasteiger partial charge in [0.05, 0.1) is 5.52 Å². The molecular weight excluding hydrogens is 358 g/mol. The molecule has 3 aromatic carbocycles. The molecule has 1 aliphatic heterocycles. The first kappa shape index (κ1) is 17.6. The van der Waals surface area contributed by atoms with Crippen LogP contribution in [0, 0.1) is 0 Å². The summed E-state index contributed by atoms with van der Waals surface area (Å²) >= 11 is 0. The Morgan fingerprint density at radius 3 is 2.72 bits per heavy atom. The molecule has 0 fully saturated rings. The lowest BCUT2D eigenvalue weighted by Crippen LogP contribution is -2.26. The molecule has 5 heteroatoms. The number of nitrogen functional groups attached to an aromatic ring is 1. The lowest BCUT2D eigenvalue weighted by molar-refractivity contribution is 0.313. The van der Waals surface area contributed by atoms with Gasteiger partial charge in [-0.3, -0.25) is 0 Å². The molecule has 3 N–H and O–H groups in total. The van der Waals surface area contributed by atoms with Gasteiger partial charge in [-0.1, -0.05) is 42.5 Å². The van der Waals surface area contributed by atoms with E-state index in [9.17, 15) is 0 Å². The van der Waals surface area contributed by atoms with Crippen LogP contribution in [-0.4, -0.2) is 28.5 Å². The highest BCUT2D eigenvalue weighted by molar-refractivity contribution is 6.00. The van der Waals surface area contributed by atoms with Crippen LogP contribution >= 0.6 is 0 Å². The number of nitrogens with one attached hydrogen (secondary N) is 1. The summed E-state index contributed by atoms with van der Waals surface area (Å²) in [6.45, 7) is 2.08. The van der Waals surface area contributed by atoms with E-state index in [4.69, 9.17) is 10.7 Å². The molecule has 0 bridgehead atoms. The second-order valence-corrected chi connectivity index (χ2v) is 7.62. The fourth-order valence-electron chi connectivity index (χ4n) is 3.96. The number of fused-ring (bicyclic) bond motifs is 2. The zero-order valence-corrected chi connectivity index (χ0v) is 16.4. The van der Waals surface area contributed by atoms with E-state index in [1.54, 1.807) is 6.20 Å². The molecule has 29 heavy (non-hydrogen) atoms. The van der Waals surface area contributed by atoms with Crippen molar-refractivity contribution in [3.8, 4) is 11.1 Å². The van der Waals surface area contributed by atoms with E-state index >= 15 is 0 Å². The Morgan fingerprint density at radius 1 is 1.00 bits per heavy atom. The van der Waals surface area contributed by atoms with E-state index in [1.807, 2.05) is 30.3 Å². The second kappa shape index (κ2) is 7.18. The molecule has 1 aliphatic rings. The van der Waals surface area contributed by atoms with Gasteiger partial charge in [0.15, 0.2) is 0 Å². The maximum atomic E-state index is 6.19. The summed E-state index contributed by atoms with van der Waals surface area (Å²) in [6.07, 6.45) is 2.90. The van der Waals surface area contributed by atoms with E-state index < -0.39 is 0 Å². The van der Waals surface area contributed by atoms with E-state index in [0.29, 0.717) is 11.6 Å². The number of rotatable bonds is 3. The summed E-state index contributed by atoms with van der Waals surface area (Å²) in [5.74, 6) is 0.574. The molecule has 0 saturated carbocycles. The minimum Gasteiger partial charge on any atom is -0.398 e. The number of nitrogens with zero attached hydrogens (tertiary/aromatic N) is 3. The van der Waals surface area contributed by atoms with Gasteiger partial charge in [-0.25, -0.2) is 9.97 Å². The Hall–Kier alpha value is -3.44. The topological polar surface area (TPSA) is 67.1 Å². The summed E-state index contributed by atoms with van der Waals surface area (Å²) in [5, 5.41) is 4.24. The maximum absolute atomic E-state index is 6.19. The van der Waals surface area contributed by atoms with Crippen molar-refractivity contribution in [2.45, 2.75) is 13.0 Å². The molecule has 4 aromatic rings. The average molecular weight is 381 g/mol. The van der Waals surface area contributed by atoms with Crippen molar-refractivity contribution in [3.05, 3.63) is 78.0 Å². The fraction of sp³-hybridized carbons (Fsp3) is 0.167. The third kappa shape index (κ3) is 3.41. The van der Waals surface area contributed by atoms with E-state index in [1.165, 1.54) is 11.1 Å². The van der Waals surface area contributed by atoms with Crippen molar-refractivity contribution in [3.63, 3.8) is 0 Å². The molecule has 144 valence electrons. The third-order valence-electron chi connectivity index (χ3n) is 5.53. The first-order valence-corrected chi connectivity index (χ1v) is 9.85. The molecule has 5 rings (SSSR count). The lowest BCUT2D eigenvalue weighted by atomic mass is 9.99. The number of benzene rings is 3. The largest absolute Gasteiger partial charge is 0.398 e. The van der Waals surface area contributed by atoms with Gasteiger partial charge in [0.1, 0.15) is 0 Å². The Balaban J connectivity index is 1.54.